The third-order valence-electron chi connectivity index (χ3n) is 5.05. The van der Waals surface area contributed by atoms with Gasteiger partial charge in [-0.05, 0) is 29.8 Å². The number of carbonyl (C=O) groups is 1. The molecular weight excluding hydrogens is 534 g/mol. The Morgan fingerprint density at radius 2 is 1.56 bits per heavy atom. The van der Waals surface area contributed by atoms with E-state index in [4.69, 9.17) is 0 Å². The number of carbonyl (C=O) groups excluding carboxylic acids is 1. The van der Waals surface area contributed by atoms with Crippen molar-refractivity contribution in [2.24, 2.45) is 4.99 Å². The molecule has 1 fully saturated rings. The van der Waals surface area contributed by atoms with E-state index in [2.05, 4.69) is 15.6 Å². The number of benzene rings is 2. The molecule has 0 radical (unpaired) electrons. The van der Waals surface area contributed by atoms with E-state index < -0.39 is 11.6 Å². The predicted molar refractivity (Wildman–Crippen MR) is 130 cm³/mol. The standard InChI is InChI=1S/C22H26F3N5O.HI/c1-26-22(28-9-8-27-21(31)14-16-2-4-17(23)5-3-16)30-12-10-29(11-13-30)20-15-18(24)6-7-19(20)25;/h2-7,15H,8-14H2,1H3,(H,26,28)(H,27,31);1H. The van der Waals surface area contributed by atoms with Crippen LogP contribution in [0.25, 0.3) is 0 Å². The highest BCUT2D eigenvalue weighted by molar-refractivity contribution is 14.0. The number of hydrogen-bond acceptors (Lipinski definition) is 3. The van der Waals surface area contributed by atoms with Crippen LogP contribution < -0.4 is 15.5 Å². The summed E-state index contributed by atoms with van der Waals surface area (Å²) in [6.07, 6.45) is 0.188. The number of guanidine groups is 1. The van der Waals surface area contributed by atoms with Crippen LogP contribution >= 0.6 is 24.0 Å². The van der Waals surface area contributed by atoms with Crippen LogP contribution in [0.3, 0.4) is 0 Å². The van der Waals surface area contributed by atoms with E-state index in [0.717, 1.165) is 17.7 Å². The van der Waals surface area contributed by atoms with Crippen LogP contribution in [0, 0.1) is 17.5 Å². The Morgan fingerprint density at radius 3 is 2.22 bits per heavy atom. The lowest BCUT2D eigenvalue weighted by Crippen LogP contribution is -2.53. The summed E-state index contributed by atoms with van der Waals surface area (Å²) >= 11 is 0. The van der Waals surface area contributed by atoms with Crippen LogP contribution in [0.1, 0.15) is 5.56 Å². The fourth-order valence-electron chi connectivity index (χ4n) is 3.45. The first-order valence-corrected chi connectivity index (χ1v) is 10.1. The molecule has 0 unspecified atom stereocenters. The van der Waals surface area contributed by atoms with Crippen LogP contribution in [0.5, 0.6) is 0 Å². The Balaban J connectivity index is 0.00000363. The minimum absolute atomic E-state index is 0. The van der Waals surface area contributed by atoms with Gasteiger partial charge in [0.2, 0.25) is 5.91 Å². The normalized spacial score (nSPS) is 14.1. The zero-order valence-electron chi connectivity index (χ0n) is 17.8. The van der Waals surface area contributed by atoms with E-state index in [-0.39, 0.29) is 47.8 Å². The number of halogens is 4. The Morgan fingerprint density at radius 1 is 0.938 bits per heavy atom. The number of hydrogen-bond donors (Lipinski definition) is 2. The van der Waals surface area contributed by atoms with Crippen LogP contribution in [-0.2, 0) is 11.2 Å². The molecule has 174 valence electrons. The van der Waals surface area contributed by atoms with E-state index in [1.807, 2.05) is 9.80 Å². The number of piperazine rings is 1. The molecule has 0 saturated carbocycles. The van der Waals surface area contributed by atoms with Gasteiger partial charge in [0.05, 0.1) is 12.1 Å². The van der Waals surface area contributed by atoms with Gasteiger partial charge in [-0.3, -0.25) is 9.79 Å². The predicted octanol–water partition coefficient (Wildman–Crippen LogP) is 2.78. The average molecular weight is 561 g/mol. The number of amides is 1. The molecule has 6 nitrogen and oxygen atoms in total. The summed E-state index contributed by atoms with van der Waals surface area (Å²) < 4.78 is 40.4. The lowest BCUT2D eigenvalue weighted by molar-refractivity contribution is -0.120. The second kappa shape index (κ2) is 12.5. The number of anilines is 1. The molecule has 1 aliphatic rings. The smallest absolute Gasteiger partial charge is 0.224 e. The maximum absolute atomic E-state index is 14.0. The van der Waals surface area contributed by atoms with Crippen molar-refractivity contribution in [1.29, 1.82) is 0 Å². The second-order valence-electron chi connectivity index (χ2n) is 7.20. The first-order valence-electron chi connectivity index (χ1n) is 10.1. The minimum Gasteiger partial charge on any atom is -0.366 e. The van der Waals surface area contributed by atoms with Gasteiger partial charge in [-0.25, -0.2) is 13.2 Å². The van der Waals surface area contributed by atoms with Crippen LogP contribution in [0.2, 0.25) is 0 Å². The number of rotatable bonds is 6. The highest BCUT2D eigenvalue weighted by Crippen LogP contribution is 2.21. The summed E-state index contributed by atoms with van der Waals surface area (Å²) in [5.74, 6) is -0.686. The molecule has 2 aromatic rings. The molecule has 0 spiro atoms. The zero-order valence-corrected chi connectivity index (χ0v) is 20.1. The van der Waals surface area contributed by atoms with Gasteiger partial charge >= 0.3 is 0 Å². The number of nitrogens with zero attached hydrogens (tertiary/aromatic N) is 3. The molecule has 1 saturated heterocycles. The van der Waals surface area contributed by atoms with Crippen molar-refractivity contribution < 1.29 is 18.0 Å². The maximum atomic E-state index is 14.0. The minimum atomic E-state index is -0.460. The van der Waals surface area contributed by atoms with Crippen LogP contribution in [0.4, 0.5) is 18.9 Å². The van der Waals surface area contributed by atoms with Gasteiger partial charge in [0.15, 0.2) is 5.96 Å². The van der Waals surface area contributed by atoms with Crippen molar-refractivity contribution >= 4 is 41.5 Å². The van der Waals surface area contributed by atoms with E-state index in [1.165, 1.54) is 18.2 Å². The van der Waals surface area contributed by atoms with E-state index in [9.17, 15) is 18.0 Å². The molecule has 0 atom stereocenters. The highest BCUT2D eigenvalue weighted by atomic mass is 127. The monoisotopic (exact) mass is 561 g/mol. The van der Waals surface area contributed by atoms with Gasteiger partial charge in [0.25, 0.3) is 0 Å². The van der Waals surface area contributed by atoms with Crippen molar-refractivity contribution in [3.8, 4) is 0 Å². The van der Waals surface area contributed by atoms with Gasteiger partial charge in [-0.2, -0.15) is 0 Å². The number of nitrogens with one attached hydrogen (secondary N) is 2. The fraction of sp³-hybridized carbons (Fsp3) is 0.364. The molecule has 2 N–H and O–H groups in total. The molecule has 0 aromatic heterocycles. The largest absolute Gasteiger partial charge is 0.366 e. The van der Waals surface area contributed by atoms with Gasteiger partial charge in [0, 0.05) is 52.4 Å². The highest BCUT2D eigenvalue weighted by Gasteiger charge is 2.22. The lowest BCUT2D eigenvalue weighted by Gasteiger charge is -2.37. The van der Waals surface area contributed by atoms with Gasteiger partial charge in [-0.1, -0.05) is 12.1 Å². The van der Waals surface area contributed by atoms with Crippen molar-refractivity contribution in [2.45, 2.75) is 6.42 Å². The zero-order chi connectivity index (χ0) is 22.2. The Kier molecular flexibility index (Phi) is 10.1. The van der Waals surface area contributed by atoms with Gasteiger partial charge in [0.1, 0.15) is 17.5 Å². The van der Waals surface area contributed by atoms with E-state index in [1.54, 1.807) is 19.2 Å². The molecule has 0 aliphatic carbocycles. The summed E-state index contributed by atoms with van der Waals surface area (Å²) in [7, 11) is 1.67. The first-order chi connectivity index (χ1) is 15.0. The summed E-state index contributed by atoms with van der Waals surface area (Å²) in [5, 5.41) is 6.01. The van der Waals surface area contributed by atoms with E-state index in [0.29, 0.717) is 45.2 Å². The van der Waals surface area contributed by atoms with Gasteiger partial charge in [-0.15, -0.1) is 24.0 Å². The third kappa shape index (κ3) is 7.28. The maximum Gasteiger partial charge on any atom is 0.224 e. The molecule has 10 heteroatoms. The van der Waals surface area contributed by atoms with Gasteiger partial charge < -0.3 is 20.4 Å². The average Bonchev–Trinajstić information content (AvgIpc) is 2.77. The molecule has 1 amide bonds. The van der Waals surface area contributed by atoms with Crippen LogP contribution in [0.15, 0.2) is 47.5 Å². The van der Waals surface area contributed by atoms with Crippen molar-refractivity contribution in [3.05, 3.63) is 65.5 Å². The molecule has 1 heterocycles. The van der Waals surface area contributed by atoms with Crippen molar-refractivity contribution in [2.75, 3.05) is 51.2 Å². The number of aliphatic imine (C=N–C) groups is 1. The topological polar surface area (TPSA) is 60.0 Å². The molecule has 2 aromatic carbocycles. The third-order valence-corrected chi connectivity index (χ3v) is 5.05. The summed E-state index contributed by atoms with van der Waals surface area (Å²) in [4.78, 5) is 20.1. The summed E-state index contributed by atoms with van der Waals surface area (Å²) in [5.41, 5.74) is 1.02. The SMILES string of the molecule is CN=C(NCCNC(=O)Cc1ccc(F)cc1)N1CCN(c2cc(F)ccc2F)CC1.I. The molecule has 1 aliphatic heterocycles. The second-order valence-corrected chi connectivity index (χ2v) is 7.20. The Labute approximate surface area is 202 Å². The molecular formula is C22H27F3IN5O. The Hall–Kier alpha value is -2.50. The first kappa shape index (κ1) is 25.8. The molecule has 0 bridgehead atoms. The fourth-order valence-corrected chi connectivity index (χ4v) is 3.45. The van der Waals surface area contributed by atoms with Crippen molar-refractivity contribution in [1.82, 2.24) is 15.5 Å². The van der Waals surface area contributed by atoms with Crippen molar-refractivity contribution in [3.63, 3.8) is 0 Å². The van der Waals surface area contributed by atoms with E-state index >= 15 is 0 Å². The molecule has 32 heavy (non-hydrogen) atoms. The summed E-state index contributed by atoms with van der Waals surface area (Å²) in [6.45, 7) is 3.18. The van der Waals surface area contributed by atoms with Crippen LogP contribution in [-0.4, -0.2) is 63.1 Å². The Bertz CT molecular complexity index is 918. The summed E-state index contributed by atoms with van der Waals surface area (Å²) in [6, 6.07) is 9.30. The lowest BCUT2D eigenvalue weighted by atomic mass is 10.1. The molecule has 3 rings (SSSR count). The quantitative estimate of drug-likeness (QED) is 0.247.